The molecule has 0 radical (unpaired) electrons. The van der Waals surface area contributed by atoms with Crippen LogP contribution in [0.15, 0.2) is 53.4 Å². The van der Waals surface area contributed by atoms with Crippen molar-refractivity contribution in [2.24, 2.45) is 0 Å². The van der Waals surface area contributed by atoms with Gasteiger partial charge in [0.25, 0.3) is 5.91 Å². The molecule has 1 saturated heterocycles. The number of benzene rings is 2. The van der Waals surface area contributed by atoms with E-state index in [-0.39, 0.29) is 25.3 Å². The smallest absolute Gasteiger partial charge is 0.326 e. The van der Waals surface area contributed by atoms with Crippen molar-refractivity contribution in [3.8, 4) is 11.5 Å². The van der Waals surface area contributed by atoms with Crippen LogP contribution in [0.2, 0.25) is 0 Å². The van der Waals surface area contributed by atoms with E-state index in [0.717, 1.165) is 22.9 Å². The van der Waals surface area contributed by atoms with E-state index in [1.165, 1.54) is 12.0 Å². The third kappa shape index (κ3) is 6.36. The van der Waals surface area contributed by atoms with E-state index >= 15 is 0 Å². The molecule has 10 heteroatoms. The summed E-state index contributed by atoms with van der Waals surface area (Å²) in [6, 6.07) is 13.3. The van der Waals surface area contributed by atoms with Gasteiger partial charge < -0.3 is 19.9 Å². The van der Waals surface area contributed by atoms with E-state index in [4.69, 9.17) is 21.7 Å². The van der Waals surface area contributed by atoms with E-state index in [1.807, 2.05) is 6.07 Å². The Labute approximate surface area is 206 Å². The zero-order chi connectivity index (χ0) is 24.7. The summed E-state index contributed by atoms with van der Waals surface area (Å²) in [6.07, 6.45) is 1.79. The van der Waals surface area contributed by atoms with Crippen LogP contribution in [0.3, 0.4) is 0 Å². The largest absolute Gasteiger partial charge is 0.493 e. The Morgan fingerprint density at radius 2 is 1.85 bits per heavy atom. The zero-order valence-corrected chi connectivity index (χ0v) is 20.3. The van der Waals surface area contributed by atoms with Crippen molar-refractivity contribution in [3.63, 3.8) is 0 Å². The molecule has 8 nitrogen and oxygen atoms in total. The summed E-state index contributed by atoms with van der Waals surface area (Å²) in [6.45, 7) is 0.0530. The molecular formula is C24H24N2O6S2. The summed E-state index contributed by atoms with van der Waals surface area (Å²) in [5, 5.41) is 12.0. The van der Waals surface area contributed by atoms with Crippen LogP contribution in [-0.4, -0.2) is 58.9 Å². The van der Waals surface area contributed by atoms with Gasteiger partial charge in [-0.2, -0.15) is 0 Å². The lowest BCUT2D eigenvalue weighted by molar-refractivity contribution is -0.141. The number of amides is 2. The lowest BCUT2D eigenvalue weighted by Crippen LogP contribution is -2.43. The number of carboxylic acids is 1. The molecule has 2 N–H and O–H groups in total. The third-order valence-corrected chi connectivity index (χ3v) is 6.44. The van der Waals surface area contributed by atoms with E-state index in [2.05, 4.69) is 5.32 Å². The van der Waals surface area contributed by atoms with Crippen molar-refractivity contribution >= 4 is 52.2 Å². The average molecular weight is 501 g/mol. The molecule has 1 atom stereocenters. The average Bonchev–Trinajstić information content (AvgIpc) is 3.09. The molecule has 1 fully saturated rings. The maximum atomic E-state index is 12.8. The van der Waals surface area contributed by atoms with E-state index in [9.17, 15) is 19.5 Å². The lowest BCUT2D eigenvalue weighted by Gasteiger charge is -2.17. The molecule has 34 heavy (non-hydrogen) atoms. The molecule has 3 rings (SSSR count). The van der Waals surface area contributed by atoms with E-state index in [0.29, 0.717) is 20.7 Å². The molecule has 0 aliphatic carbocycles. The van der Waals surface area contributed by atoms with Crippen LogP contribution in [0.5, 0.6) is 11.5 Å². The summed E-state index contributed by atoms with van der Waals surface area (Å²) in [4.78, 5) is 38.6. The van der Waals surface area contributed by atoms with Gasteiger partial charge in [0.2, 0.25) is 5.91 Å². The normalized spacial score (nSPS) is 15.4. The fraction of sp³-hybridized carbons (Fsp3) is 0.250. The molecule has 0 unspecified atom stereocenters. The van der Waals surface area contributed by atoms with Gasteiger partial charge in [0.15, 0.2) is 11.5 Å². The van der Waals surface area contributed by atoms with Crippen molar-refractivity contribution in [2.45, 2.75) is 18.9 Å². The number of hydrogen-bond donors (Lipinski definition) is 2. The van der Waals surface area contributed by atoms with Crippen LogP contribution >= 0.6 is 24.0 Å². The molecule has 0 bridgehead atoms. The minimum absolute atomic E-state index is 0.0530. The lowest BCUT2D eigenvalue weighted by atomic mass is 10.1. The van der Waals surface area contributed by atoms with Gasteiger partial charge in [0, 0.05) is 19.4 Å². The number of rotatable bonds is 10. The first-order valence-electron chi connectivity index (χ1n) is 10.4. The minimum atomic E-state index is -1.12. The number of carboxylic acid groups (broad SMARTS) is 1. The Bertz CT molecular complexity index is 1120. The molecule has 2 aromatic carbocycles. The molecule has 1 aliphatic rings. The number of ether oxygens (including phenoxy) is 2. The van der Waals surface area contributed by atoms with Gasteiger partial charge >= 0.3 is 5.97 Å². The second-order valence-corrected chi connectivity index (χ2v) is 9.02. The van der Waals surface area contributed by atoms with Crippen molar-refractivity contribution in [1.82, 2.24) is 10.2 Å². The highest BCUT2D eigenvalue weighted by atomic mass is 32.2. The molecule has 0 spiro atoms. The molecule has 2 aromatic rings. The Morgan fingerprint density at radius 1 is 1.15 bits per heavy atom. The Morgan fingerprint density at radius 3 is 2.50 bits per heavy atom. The van der Waals surface area contributed by atoms with E-state index in [1.54, 1.807) is 55.7 Å². The summed E-state index contributed by atoms with van der Waals surface area (Å²) >= 11 is 6.47. The SMILES string of the molecule is COc1ccc(/C=C2/SC(=S)N(CCC(=O)N[C@@H](Cc3ccccc3)C(=O)O)C2=O)cc1OC. The Kier molecular flexibility index (Phi) is 8.67. The maximum absolute atomic E-state index is 12.8. The number of aliphatic carboxylic acids is 1. The number of nitrogens with one attached hydrogen (secondary N) is 1. The highest BCUT2D eigenvalue weighted by molar-refractivity contribution is 8.26. The first-order chi connectivity index (χ1) is 16.3. The molecule has 1 heterocycles. The van der Waals surface area contributed by atoms with Crippen LogP contribution in [-0.2, 0) is 20.8 Å². The summed E-state index contributed by atoms with van der Waals surface area (Å²) in [5.74, 6) is -0.796. The van der Waals surface area contributed by atoms with Gasteiger partial charge in [0.1, 0.15) is 10.4 Å². The minimum Gasteiger partial charge on any atom is -0.493 e. The Hall–Kier alpha value is -3.37. The van der Waals surface area contributed by atoms with Gasteiger partial charge in [-0.25, -0.2) is 4.79 Å². The predicted octanol–water partition coefficient (Wildman–Crippen LogP) is 3.11. The fourth-order valence-electron chi connectivity index (χ4n) is 3.32. The van der Waals surface area contributed by atoms with Crippen molar-refractivity contribution in [2.75, 3.05) is 20.8 Å². The molecular weight excluding hydrogens is 476 g/mol. The number of methoxy groups -OCH3 is 2. The van der Waals surface area contributed by atoms with E-state index < -0.39 is 17.9 Å². The quantitative estimate of drug-likeness (QED) is 0.379. The van der Waals surface area contributed by atoms with Gasteiger partial charge in [-0.1, -0.05) is 60.4 Å². The highest BCUT2D eigenvalue weighted by Gasteiger charge is 2.32. The number of carbonyl (C=O) groups is 3. The first-order valence-corrected chi connectivity index (χ1v) is 11.6. The summed E-state index contributed by atoms with van der Waals surface area (Å²) in [5.41, 5.74) is 1.54. The van der Waals surface area contributed by atoms with Gasteiger partial charge in [-0.15, -0.1) is 0 Å². The number of nitrogens with zero attached hydrogens (tertiary/aromatic N) is 1. The van der Waals surface area contributed by atoms with Crippen LogP contribution in [0.25, 0.3) is 6.08 Å². The zero-order valence-electron chi connectivity index (χ0n) is 18.6. The molecule has 2 amide bonds. The standard InChI is InChI=1S/C24H24N2O6S2/c1-31-18-9-8-16(13-19(18)32-2)14-20-22(28)26(24(33)34-20)11-10-21(27)25-17(23(29)30)12-15-6-4-3-5-7-15/h3-9,13-14,17H,10-12H2,1-2H3,(H,25,27)(H,29,30)/b20-14+/t17-/m0/s1. The molecule has 1 aliphatic heterocycles. The summed E-state index contributed by atoms with van der Waals surface area (Å²) in [7, 11) is 3.07. The fourth-order valence-corrected chi connectivity index (χ4v) is 4.63. The van der Waals surface area contributed by atoms with Gasteiger partial charge in [-0.3, -0.25) is 14.5 Å². The monoisotopic (exact) mass is 500 g/mol. The van der Waals surface area contributed by atoms with Gasteiger partial charge in [0.05, 0.1) is 19.1 Å². The van der Waals surface area contributed by atoms with Crippen LogP contribution in [0.4, 0.5) is 0 Å². The number of thioether (sulfide) groups is 1. The van der Waals surface area contributed by atoms with Crippen molar-refractivity contribution < 1.29 is 29.0 Å². The Balaban J connectivity index is 1.61. The van der Waals surface area contributed by atoms with Crippen LogP contribution in [0.1, 0.15) is 17.5 Å². The number of carbonyl (C=O) groups excluding carboxylic acids is 2. The number of thiocarbonyl (C=S) groups is 1. The number of hydrogen-bond acceptors (Lipinski definition) is 7. The molecule has 0 saturated carbocycles. The first kappa shape index (κ1) is 25.3. The van der Waals surface area contributed by atoms with Gasteiger partial charge in [-0.05, 0) is 29.3 Å². The molecule has 178 valence electrons. The van der Waals surface area contributed by atoms with Crippen molar-refractivity contribution in [1.29, 1.82) is 0 Å². The van der Waals surface area contributed by atoms with Crippen LogP contribution in [0, 0.1) is 0 Å². The highest BCUT2D eigenvalue weighted by Crippen LogP contribution is 2.34. The van der Waals surface area contributed by atoms with Crippen LogP contribution < -0.4 is 14.8 Å². The van der Waals surface area contributed by atoms with Crippen molar-refractivity contribution in [3.05, 3.63) is 64.6 Å². The summed E-state index contributed by atoms with van der Waals surface area (Å²) < 4.78 is 10.9. The third-order valence-electron chi connectivity index (χ3n) is 5.06. The molecule has 0 aromatic heterocycles. The topological polar surface area (TPSA) is 105 Å². The second-order valence-electron chi connectivity index (χ2n) is 7.35. The predicted molar refractivity (Wildman–Crippen MR) is 134 cm³/mol. The maximum Gasteiger partial charge on any atom is 0.326 e. The second kappa shape index (κ2) is 11.7.